The van der Waals surface area contributed by atoms with Crippen molar-refractivity contribution in [1.82, 2.24) is 9.97 Å². The molecule has 4 nitrogen and oxygen atoms in total. The SMILES string of the molecule is Cc1cc(C#N)cc(NCc2cccc3cccnc23)n1. The highest BCUT2D eigenvalue weighted by Gasteiger charge is 2.03. The van der Waals surface area contributed by atoms with Crippen LogP contribution in [0.1, 0.15) is 16.8 Å². The molecule has 0 unspecified atom stereocenters. The molecule has 0 atom stereocenters. The number of aryl methyl sites for hydroxylation is 1. The van der Waals surface area contributed by atoms with Crippen molar-refractivity contribution in [3.63, 3.8) is 0 Å². The molecular weight excluding hydrogens is 260 g/mol. The Morgan fingerprint density at radius 2 is 2.05 bits per heavy atom. The monoisotopic (exact) mass is 274 g/mol. The van der Waals surface area contributed by atoms with E-state index >= 15 is 0 Å². The fourth-order valence-electron chi connectivity index (χ4n) is 2.32. The maximum atomic E-state index is 9.00. The van der Waals surface area contributed by atoms with E-state index in [9.17, 15) is 0 Å². The molecule has 0 amide bonds. The molecule has 0 aliphatic rings. The van der Waals surface area contributed by atoms with Gasteiger partial charge in [0, 0.05) is 23.8 Å². The predicted molar refractivity (Wildman–Crippen MR) is 82.8 cm³/mol. The first-order valence-electron chi connectivity index (χ1n) is 6.71. The molecule has 1 N–H and O–H groups in total. The molecule has 3 aromatic rings. The van der Waals surface area contributed by atoms with E-state index in [4.69, 9.17) is 5.26 Å². The van der Waals surface area contributed by atoms with E-state index in [2.05, 4.69) is 21.4 Å². The largest absolute Gasteiger partial charge is 0.366 e. The van der Waals surface area contributed by atoms with Crippen LogP contribution in [-0.4, -0.2) is 9.97 Å². The predicted octanol–water partition coefficient (Wildman–Crippen LogP) is 3.42. The first-order chi connectivity index (χ1) is 10.3. The van der Waals surface area contributed by atoms with Gasteiger partial charge in [0.05, 0.1) is 17.1 Å². The molecule has 0 aliphatic heterocycles. The fourth-order valence-corrected chi connectivity index (χ4v) is 2.32. The van der Waals surface area contributed by atoms with Crippen LogP contribution < -0.4 is 5.32 Å². The Hall–Kier alpha value is -2.93. The van der Waals surface area contributed by atoms with E-state index in [1.807, 2.05) is 37.3 Å². The fraction of sp³-hybridized carbons (Fsp3) is 0.118. The van der Waals surface area contributed by atoms with Crippen LogP contribution in [0.2, 0.25) is 0 Å². The second kappa shape index (κ2) is 5.59. The van der Waals surface area contributed by atoms with Crippen LogP contribution in [0.4, 0.5) is 5.82 Å². The molecular formula is C17H14N4. The van der Waals surface area contributed by atoms with Gasteiger partial charge in [-0.3, -0.25) is 4.98 Å². The summed E-state index contributed by atoms with van der Waals surface area (Å²) in [4.78, 5) is 8.83. The maximum Gasteiger partial charge on any atom is 0.127 e. The number of aromatic nitrogens is 2. The number of benzene rings is 1. The molecule has 102 valence electrons. The Kier molecular flexibility index (Phi) is 3.48. The number of anilines is 1. The van der Waals surface area contributed by atoms with Gasteiger partial charge in [-0.2, -0.15) is 5.26 Å². The topological polar surface area (TPSA) is 61.6 Å². The van der Waals surface area contributed by atoms with Crippen molar-refractivity contribution in [3.05, 3.63) is 65.5 Å². The zero-order chi connectivity index (χ0) is 14.7. The lowest BCUT2D eigenvalue weighted by atomic mass is 10.1. The van der Waals surface area contributed by atoms with E-state index in [1.54, 1.807) is 18.3 Å². The zero-order valence-corrected chi connectivity index (χ0v) is 11.7. The number of para-hydroxylation sites is 1. The van der Waals surface area contributed by atoms with Crippen molar-refractivity contribution < 1.29 is 0 Å². The van der Waals surface area contributed by atoms with E-state index in [0.29, 0.717) is 17.9 Å². The van der Waals surface area contributed by atoms with Crippen molar-refractivity contribution in [2.24, 2.45) is 0 Å². The second-order valence-corrected chi connectivity index (χ2v) is 4.84. The minimum Gasteiger partial charge on any atom is -0.366 e. The lowest BCUT2D eigenvalue weighted by molar-refractivity contribution is 1.09. The van der Waals surface area contributed by atoms with E-state index in [1.165, 1.54) is 0 Å². The lowest BCUT2D eigenvalue weighted by Crippen LogP contribution is -2.03. The third-order valence-corrected chi connectivity index (χ3v) is 3.26. The summed E-state index contributed by atoms with van der Waals surface area (Å²) < 4.78 is 0. The number of fused-ring (bicyclic) bond motifs is 1. The molecule has 0 fully saturated rings. The Labute approximate surface area is 123 Å². The van der Waals surface area contributed by atoms with Crippen molar-refractivity contribution in [2.45, 2.75) is 13.5 Å². The van der Waals surface area contributed by atoms with E-state index in [-0.39, 0.29) is 0 Å². The molecule has 0 bridgehead atoms. The highest BCUT2D eigenvalue weighted by molar-refractivity contribution is 5.81. The molecule has 3 rings (SSSR count). The van der Waals surface area contributed by atoms with Crippen molar-refractivity contribution in [3.8, 4) is 6.07 Å². The van der Waals surface area contributed by atoms with Crippen LogP contribution in [0.15, 0.2) is 48.7 Å². The summed E-state index contributed by atoms with van der Waals surface area (Å²) in [7, 11) is 0. The van der Waals surface area contributed by atoms with Crippen LogP contribution in [0.5, 0.6) is 0 Å². The molecule has 1 aromatic carbocycles. The Morgan fingerprint density at radius 3 is 2.90 bits per heavy atom. The number of nitrogens with zero attached hydrogens (tertiary/aromatic N) is 3. The summed E-state index contributed by atoms with van der Waals surface area (Å²) in [5.41, 5.74) is 3.53. The number of rotatable bonds is 3. The summed E-state index contributed by atoms with van der Waals surface area (Å²) in [6.07, 6.45) is 1.80. The summed E-state index contributed by atoms with van der Waals surface area (Å²) in [5.74, 6) is 0.708. The Morgan fingerprint density at radius 1 is 1.19 bits per heavy atom. The molecule has 2 aromatic heterocycles. The first-order valence-corrected chi connectivity index (χ1v) is 6.71. The Balaban J connectivity index is 1.87. The quantitative estimate of drug-likeness (QED) is 0.795. The highest BCUT2D eigenvalue weighted by atomic mass is 15.0. The lowest BCUT2D eigenvalue weighted by Gasteiger charge is -2.09. The number of pyridine rings is 2. The highest BCUT2D eigenvalue weighted by Crippen LogP contribution is 2.17. The van der Waals surface area contributed by atoms with Crippen molar-refractivity contribution >= 4 is 16.7 Å². The first kappa shape index (κ1) is 13.1. The third kappa shape index (κ3) is 2.82. The van der Waals surface area contributed by atoms with Gasteiger partial charge in [0.1, 0.15) is 5.82 Å². The van der Waals surface area contributed by atoms with Gasteiger partial charge in [-0.25, -0.2) is 4.98 Å². The van der Waals surface area contributed by atoms with Crippen molar-refractivity contribution in [2.75, 3.05) is 5.32 Å². The number of hydrogen-bond acceptors (Lipinski definition) is 4. The third-order valence-electron chi connectivity index (χ3n) is 3.26. The van der Waals surface area contributed by atoms with Gasteiger partial charge in [0.25, 0.3) is 0 Å². The molecule has 0 radical (unpaired) electrons. The van der Waals surface area contributed by atoms with Gasteiger partial charge in [0.15, 0.2) is 0 Å². The van der Waals surface area contributed by atoms with Crippen molar-refractivity contribution in [1.29, 1.82) is 5.26 Å². The van der Waals surface area contributed by atoms with Gasteiger partial charge in [-0.15, -0.1) is 0 Å². The Bertz CT molecular complexity index is 828. The minimum absolute atomic E-state index is 0.612. The van der Waals surface area contributed by atoms with Gasteiger partial charge < -0.3 is 5.32 Å². The van der Waals surface area contributed by atoms with Gasteiger partial charge >= 0.3 is 0 Å². The zero-order valence-electron chi connectivity index (χ0n) is 11.7. The van der Waals surface area contributed by atoms with E-state index in [0.717, 1.165) is 22.2 Å². The van der Waals surface area contributed by atoms with Crippen LogP contribution in [0, 0.1) is 18.3 Å². The molecule has 0 saturated carbocycles. The van der Waals surface area contributed by atoms with Crippen LogP contribution in [0.3, 0.4) is 0 Å². The maximum absolute atomic E-state index is 9.00. The molecule has 0 spiro atoms. The number of nitriles is 1. The summed E-state index contributed by atoms with van der Waals surface area (Å²) >= 11 is 0. The average molecular weight is 274 g/mol. The van der Waals surface area contributed by atoms with Crippen LogP contribution >= 0.6 is 0 Å². The molecule has 2 heterocycles. The normalized spacial score (nSPS) is 10.3. The standard InChI is InChI=1S/C17H14N4/c1-12-8-13(10-18)9-16(21-12)20-11-15-5-2-4-14-6-3-7-19-17(14)15/h2-9H,11H2,1H3,(H,20,21). The minimum atomic E-state index is 0.612. The summed E-state index contributed by atoms with van der Waals surface area (Å²) in [6, 6.07) is 15.8. The van der Waals surface area contributed by atoms with Gasteiger partial charge in [-0.05, 0) is 30.7 Å². The molecule has 21 heavy (non-hydrogen) atoms. The summed E-state index contributed by atoms with van der Waals surface area (Å²) in [5, 5.41) is 13.4. The van der Waals surface area contributed by atoms with Gasteiger partial charge in [0.2, 0.25) is 0 Å². The average Bonchev–Trinajstić information content (AvgIpc) is 2.52. The van der Waals surface area contributed by atoms with Crippen LogP contribution in [-0.2, 0) is 6.54 Å². The van der Waals surface area contributed by atoms with E-state index < -0.39 is 0 Å². The smallest absolute Gasteiger partial charge is 0.127 e. The second-order valence-electron chi connectivity index (χ2n) is 4.84. The molecule has 4 heteroatoms. The van der Waals surface area contributed by atoms with Gasteiger partial charge in [-0.1, -0.05) is 24.3 Å². The molecule has 0 aliphatic carbocycles. The summed E-state index contributed by atoms with van der Waals surface area (Å²) in [6.45, 7) is 2.50. The number of nitrogens with one attached hydrogen (secondary N) is 1. The molecule has 0 saturated heterocycles. The number of hydrogen-bond donors (Lipinski definition) is 1. The van der Waals surface area contributed by atoms with Crippen LogP contribution in [0.25, 0.3) is 10.9 Å².